The molecular weight excluding hydrogens is 374 g/mol. The van der Waals surface area contributed by atoms with E-state index in [0.29, 0.717) is 5.56 Å². The van der Waals surface area contributed by atoms with Crippen molar-refractivity contribution in [1.82, 2.24) is 0 Å². The van der Waals surface area contributed by atoms with Crippen molar-refractivity contribution in [3.8, 4) is 22.3 Å². The number of hydrogen-bond acceptors (Lipinski definition) is 0. The van der Waals surface area contributed by atoms with Gasteiger partial charge in [0.25, 0.3) is 0 Å². The summed E-state index contributed by atoms with van der Waals surface area (Å²) >= 11 is 0. The lowest BCUT2D eigenvalue weighted by Gasteiger charge is -2.10. The van der Waals surface area contributed by atoms with Crippen LogP contribution in [0.25, 0.3) is 22.3 Å². The highest BCUT2D eigenvalue weighted by Crippen LogP contribution is 2.30. The first kappa shape index (κ1) is 22.2. The van der Waals surface area contributed by atoms with Gasteiger partial charge in [0.05, 0.1) is 5.56 Å². The van der Waals surface area contributed by atoms with Crippen molar-refractivity contribution in [3.05, 3.63) is 83.4 Å². The van der Waals surface area contributed by atoms with Gasteiger partial charge in [-0.05, 0) is 65.6 Å². The van der Waals surface area contributed by atoms with Crippen LogP contribution in [0.3, 0.4) is 0 Å². The topological polar surface area (TPSA) is 0 Å². The Kier molecular flexibility index (Phi) is 8.19. The smallest absolute Gasteiger partial charge is 0.134 e. The Bertz CT molecular complexity index is 901. The van der Waals surface area contributed by atoms with Crippen molar-refractivity contribution in [2.45, 2.75) is 65.2 Å². The van der Waals surface area contributed by atoms with E-state index in [1.807, 2.05) is 24.3 Å². The number of halogens is 2. The second-order valence-corrected chi connectivity index (χ2v) is 8.12. The molecule has 0 atom stereocenters. The van der Waals surface area contributed by atoms with Crippen LogP contribution in [0.15, 0.2) is 60.7 Å². The Morgan fingerprint density at radius 2 is 0.967 bits per heavy atom. The van der Waals surface area contributed by atoms with E-state index >= 15 is 0 Å². The summed E-state index contributed by atoms with van der Waals surface area (Å²) in [5, 5.41) is 0. The Morgan fingerprint density at radius 3 is 1.47 bits per heavy atom. The number of aryl methyl sites for hydroxylation is 2. The molecule has 2 heteroatoms. The summed E-state index contributed by atoms with van der Waals surface area (Å²) < 4.78 is 29.3. The standard InChI is InChI=1S/C28H32F2/c1-3-5-7-9-21-11-13-23(14-12-21)24-15-17-25(18-16-24)28-26(29)19-22(20-27(28)30)10-8-6-4-2/h11-20H,3-10H2,1-2H3. The van der Waals surface area contributed by atoms with Crippen molar-refractivity contribution in [2.24, 2.45) is 0 Å². The van der Waals surface area contributed by atoms with Crippen LogP contribution < -0.4 is 0 Å². The molecule has 0 unspecified atom stereocenters. The van der Waals surface area contributed by atoms with Crippen LogP contribution >= 0.6 is 0 Å². The van der Waals surface area contributed by atoms with Crippen LogP contribution in [0, 0.1) is 11.6 Å². The molecule has 30 heavy (non-hydrogen) atoms. The van der Waals surface area contributed by atoms with E-state index in [9.17, 15) is 8.78 Å². The molecule has 3 rings (SSSR count). The molecule has 0 aromatic heterocycles. The normalized spacial score (nSPS) is 11.1. The number of benzene rings is 3. The predicted octanol–water partition coefficient (Wildman–Crippen LogP) is 8.76. The van der Waals surface area contributed by atoms with Crippen LogP contribution in [0.2, 0.25) is 0 Å². The second kappa shape index (κ2) is 11.1. The third kappa shape index (κ3) is 5.78. The summed E-state index contributed by atoms with van der Waals surface area (Å²) in [6.07, 6.45) is 8.67. The zero-order valence-electron chi connectivity index (χ0n) is 18.2. The molecule has 158 valence electrons. The van der Waals surface area contributed by atoms with Gasteiger partial charge in [-0.3, -0.25) is 0 Å². The Labute approximate surface area is 180 Å². The highest BCUT2D eigenvalue weighted by atomic mass is 19.1. The first-order valence-corrected chi connectivity index (χ1v) is 11.3. The Morgan fingerprint density at radius 1 is 0.533 bits per heavy atom. The lowest BCUT2D eigenvalue weighted by atomic mass is 9.96. The van der Waals surface area contributed by atoms with Gasteiger partial charge in [-0.2, -0.15) is 0 Å². The number of rotatable bonds is 10. The fourth-order valence-electron chi connectivity index (χ4n) is 3.90. The van der Waals surface area contributed by atoms with Gasteiger partial charge >= 0.3 is 0 Å². The minimum Gasteiger partial charge on any atom is -0.206 e. The van der Waals surface area contributed by atoms with Crippen molar-refractivity contribution >= 4 is 0 Å². The Balaban J connectivity index is 1.74. The highest BCUT2D eigenvalue weighted by Gasteiger charge is 2.13. The van der Waals surface area contributed by atoms with Crippen LogP contribution in [-0.4, -0.2) is 0 Å². The van der Waals surface area contributed by atoms with Crippen molar-refractivity contribution in [2.75, 3.05) is 0 Å². The first-order chi connectivity index (χ1) is 14.6. The molecule has 3 aromatic carbocycles. The number of hydrogen-bond donors (Lipinski definition) is 0. The summed E-state index contributed by atoms with van der Waals surface area (Å²) in [6, 6.07) is 19.1. The lowest BCUT2D eigenvalue weighted by Crippen LogP contribution is -1.95. The van der Waals surface area contributed by atoms with E-state index in [-0.39, 0.29) is 5.56 Å². The molecule has 0 saturated heterocycles. The van der Waals surface area contributed by atoms with Gasteiger partial charge in [0, 0.05) is 0 Å². The molecule has 0 amide bonds. The molecule has 0 nitrogen and oxygen atoms in total. The van der Waals surface area contributed by atoms with E-state index < -0.39 is 11.6 Å². The van der Waals surface area contributed by atoms with Crippen molar-refractivity contribution in [3.63, 3.8) is 0 Å². The fraction of sp³-hybridized carbons (Fsp3) is 0.357. The molecule has 0 heterocycles. The lowest BCUT2D eigenvalue weighted by molar-refractivity contribution is 0.583. The van der Waals surface area contributed by atoms with E-state index in [2.05, 4.69) is 38.1 Å². The molecule has 0 aliphatic heterocycles. The molecule has 0 fully saturated rings. The quantitative estimate of drug-likeness (QED) is 0.295. The summed E-state index contributed by atoms with van der Waals surface area (Å²) in [7, 11) is 0. The zero-order valence-corrected chi connectivity index (χ0v) is 18.2. The van der Waals surface area contributed by atoms with Crippen LogP contribution in [0.1, 0.15) is 63.5 Å². The zero-order chi connectivity index (χ0) is 21.3. The molecule has 0 bridgehead atoms. The minimum absolute atomic E-state index is 0.0621. The van der Waals surface area contributed by atoms with Gasteiger partial charge in [0.2, 0.25) is 0 Å². The molecule has 0 aliphatic carbocycles. The molecule has 0 saturated carbocycles. The van der Waals surface area contributed by atoms with Crippen molar-refractivity contribution < 1.29 is 8.78 Å². The van der Waals surface area contributed by atoms with E-state index in [0.717, 1.165) is 48.8 Å². The summed E-state index contributed by atoms with van der Waals surface area (Å²) in [5.41, 5.74) is 4.89. The van der Waals surface area contributed by atoms with Gasteiger partial charge in [0.15, 0.2) is 0 Å². The molecule has 0 N–H and O–H groups in total. The average molecular weight is 407 g/mol. The third-order valence-electron chi connectivity index (χ3n) is 5.70. The van der Waals surface area contributed by atoms with Gasteiger partial charge in [-0.25, -0.2) is 8.78 Å². The molecule has 0 aliphatic rings. The Hall–Kier alpha value is -2.48. The van der Waals surface area contributed by atoms with Crippen LogP contribution in [0.5, 0.6) is 0 Å². The van der Waals surface area contributed by atoms with Gasteiger partial charge in [0.1, 0.15) is 11.6 Å². The van der Waals surface area contributed by atoms with E-state index in [1.54, 1.807) is 0 Å². The summed E-state index contributed by atoms with van der Waals surface area (Å²) in [6.45, 7) is 4.34. The largest absolute Gasteiger partial charge is 0.206 e. The minimum atomic E-state index is -0.481. The maximum atomic E-state index is 14.7. The first-order valence-electron chi connectivity index (χ1n) is 11.3. The average Bonchev–Trinajstić information content (AvgIpc) is 2.75. The third-order valence-corrected chi connectivity index (χ3v) is 5.70. The van der Waals surface area contributed by atoms with Crippen molar-refractivity contribution in [1.29, 1.82) is 0 Å². The maximum absolute atomic E-state index is 14.7. The van der Waals surface area contributed by atoms with E-state index in [4.69, 9.17) is 0 Å². The van der Waals surface area contributed by atoms with Crippen LogP contribution in [-0.2, 0) is 12.8 Å². The predicted molar refractivity (Wildman–Crippen MR) is 124 cm³/mol. The molecule has 0 radical (unpaired) electrons. The molecule has 3 aromatic rings. The molecular formula is C28H32F2. The van der Waals surface area contributed by atoms with Gasteiger partial charge in [-0.15, -0.1) is 0 Å². The van der Waals surface area contributed by atoms with E-state index in [1.165, 1.54) is 37.0 Å². The maximum Gasteiger partial charge on any atom is 0.134 e. The number of unbranched alkanes of at least 4 members (excludes halogenated alkanes) is 4. The van der Waals surface area contributed by atoms with Gasteiger partial charge < -0.3 is 0 Å². The monoisotopic (exact) mass is 406 g/mol. The summed E-state index contributed by atoms with van der Waals surface area (Å²) in [4.78, 5) is 0. The van der Waals surface area contributed by atoms with Gasteiger partial charge in [-0.1, -0.05) is 88.1 Å². The fourth-order valence-corrected chi connectivity index (χ4v) is 3.90. The van der Waals surface area contributed by atoms with Crippen LogP contribution in [0.4, 0.5) is 8.78 Å². The molecule has 0 spiro atoms. The highest BCUT2D eigenvalue weighted by molar-refractivity contribution is 5.71. The SMILES string of the molecule is CCCCCc1ccc(-c2ccc(-c3c(F)cc(CCCCC)cc3F)cc2)cc1. The second-order valence-electron chi connectivity index (χ2n) is 8.12. The summed E-state index contributed by atoms with van der Waals surface area (Å²) in [5.74, 6) is -0.962.